The number of hydrogen-bond donors (Lipinski definition) is 2. The third-order valence-corrected chi connectivity index (χ3v) is 2.89. The maximum Gasteiger partial charge on any atom is 0.323 e. The van der Waals surface area contributed by atoms with Gasteiger partial charge in [0.15, 0.2) is 0 Å². The monoisotopic (exact) mass is 266 g/mol. The van der Waals surface area contributed by atoms with Gasteiger partial charge in [0.2, 0.25) is 0 Å². The molecule has 0 radical (unpaired) electrons. The van der Waals surface area contributed by atoms with Gasteiger partial charge in [-0.05, 0) is 18.2 Å². The Balaban J connectivity index is 2.34. The molecular weight excluding hydrogens is 256 g/mol. The zero-order valence-electron chi connectivity index (χ0n) is 9.61. The molecule has 5 nitrogen and oxygen atoms in total. The molecule has 0 atom stereocenters. The molecule has 2 rings (SSSR count). The van der Waals surface area contributed by atoms with Gasteiger partial charge in [0.05, 0.1) is 0 Å². The number of aromatic nitrogens is 1. The molecule has 2 aromatic rings. The molecular formula is C12H11ClN2O3. The number of carboxylic acids is 1. The smallest absolute Gasteiger partial charge is 0.323 e. The second-order valence-corrected chi connectivity index (χ2v) is 4.35. The highest BCUT2D eigenvalue weighted by molar-refractivity contribution is 6.35. The predicted molar refractivity (Wildman–Crippen MR) is 67.9 cm³/mol. The predicted octanol–water partition coefficient (Wildman–Crippen LogP) is 1.98. The SMILES string of the molecule is CN(CC(=O)O)C(=O)c1cc2c(Cl)cccc2[nH]1. The van der Waals surface area contributed by atoms with Crippen molar-refractivity contribution in [2.24, 2.45) is 0 Å². The summed E-state index contributed by atoms with van der Waals surface area (Å²) in [4.78, 5) is 26.5. The molecule has 0 aliphatic rings. The van der Waals surface area contributed by atoms with E-state index in [1.807, 2.05) is 0 Å². The first-order valence-electron chi connectivity index (χ1n) is 5.23. The number of H-pyrrole nitrogens is 1. The Hall–Kier alpha value is -2.01. The highest BCUT2D eigenvalue weighted by atomic mass is 35.5. The molecule has 0 saturated heterocycles. The van der Waals surface area contributed by atoms with Gasteiger partial charge in [-0.25, -0.2) is 0 Å². The summed E-state index contributed by atoms with van der Waals surface area (Å²) in [6.45, 7) is -0.345. The van der Waals surface area contributed by atoms with Crippen molar-refractivity contribution in [2.75, 3.05) is 13.6 Å². The van der Waals surface area contributed by atoms with Crippen molar-refractivity contribution in [2.45, 2.75) is 0 Å². The van der Waals surface area contributed by atoms with Gasteiger partial charge in [-0.15, -0.1) is 0 Å². The van der Waals surface area contributed by atoms with Crippen LogP contribution in [0, 0.1) is 0 Å². The molecule has 6 heteroatoms. The van der Waals surface area contributed by atoms with Crippen LogP contribution < -0.4 is 0 Å². The summed E-state index contributed by atoms with van der Waals surface area (Å²) >= 11 is 6.00. The maximum absolute atomic E-state index is 11.9. The third-order valence-electron chi connectivity index (χ3n) is 2.56. The summed E-state index contributed by atoms with van der Waals surface area (Å²) in [6.07, 6.45) is 0. The molecule has 0 bridgehead atoms. The summed E-state index contributed by atoms with van der Waals surface area (Å²) in [6, 6.07) is 6.93. The molecule has 0 unspecified atom stereocenters. The molecule has 1 aromatic heterocycles. The van der Waals surface area contributed by atoms with Crippen LogP contribution in [0.15, 0.2) is 24.3 Å². The normalized spacial score (nSPS) is 10.6. The Bertz CT molecular complexity index is 621. The minimum atomic E-state index is -1.06. The van der Waals surface area contributed by atoms with Gasteiger partial charge in [0.25, 0.3) is 5.91 Å². The van der Waals surface area contributed by atoms with Crippen LogP contribution in [0.25, 0.3) is 10.9 Å². The van der Waals surface area contributed by atoms with Gasteiger partial charge in [0.1, 0.15) is 12.2 Å². The Morgan fingerprint density at radius 3 is 2.78 bits per heavy atom. The summed E-state index contributed by atoms with van der Waals surface area (Å²) in [7, 11) is 1.43. The van der Waals surface area contributed by atoms with Crippen molar-refractivity contribution in [1.82, 2.24) is 9.88 Å². The van der Waals surface area contributed by atoms with Crippen LogP contribution in [0.3, 0.4) is 0 Å². The lowest BCUT2D eigenvalue weighted by molar-refractivity contribution is -0.137. The topological polar surface area (TPSA) is 73.4 Å². The van der Waals surface area contributed by atoms with E-state index in [0.717, 1.165) is 15.8 Å². The second-order valence-electron chi connectivity index (χ2n) is 3.94. The molecule has 0 spiro atoms. The lowest BCUT2D eigenvalue weighted by Gasteiger charge is -2.12. The summed E-state index contributed by atoms with van der Waals surface area (Å²) < 4.78 is 0. The van der Waals surface area contributed by atoms with Gasteiger partial charge in [-0.3, -0.25) is 9.59 Å². The van der Waals surface area contributed by atoms with Crippen LogP contribution in [-0.2, 0) is 4.79 Å². The first-order chi connectivity index (χ1) is 8.49. The van der Waals surface area contributed by atoms with Crippen LogP contribution in [-0.4, -0.2) is 40.5 Å². The Kier molecular flexibility index (Phi) is 3.25. The average Bonchev–Trinajstić information content (AvgIpc) is 2.72. The van der Waals surface area contributed by atoms with E-state index in [0.29, 0.717) is 10.7 Å². The maximum atomic E-state index is 11.9. The van der Waals surface area contributed by atoms with Crippen molar-refractivity contribution >= 4 is 34.4 Å². The molecule has 2 N–H and O–H groups in total. The standard InChI is InChI=1S/C12H11ClN2O3/c1-15(6-11(16)17)12(18)10-5-7-8(13)3-2-4-9(7)14-10/h2-5,14H,6H2,1H3,(H,16,17). The van der Waals surface area contributed by atoms with E-state index in [9.17, 15) is 9.59 Å². The van der Waals surface area contributed by atoms with Crippen LogP contribution in [0.4, 0.5) is 0 Å². The zero-order chi connectivity index (χ0) is 13.3. The van der Waals surface area contributed by atoms with Gasteiger partial charge in [-0.1, -0.05) is 17.7 Å². The quantitative estimate of drug-likeness (QED) is 0.892. The Morgan fingerprint density at radius 2 is 2.17 bits per heavy atom. The molecule has 94 valence electrons. The van der Waals surface area contributed by atoms with E-state index >= 15 is 0 Å². The van der Waals surface area contributed by atoms with Gasteiger partial charge in [-0.2, -0.15) is 0 Å². The first-order valence-corrected chi connectivity index (χ1v) is 5.61. The molecule has 0 saturated carbocycles. The van der Waals surface area contributed by atoms with Crippen molar-refractivity contribution < 1.29 is 14.7 Å². The fourth-order valence-electron chi connectivity index (χ4n) is 1.71. The first kappa shape index (κ1) is 12.4. The number of carboxylic acid groups (broad SMARTS) is 1. The number of carbonyl (C=O) groups excluding carboxylic acids is 1. The van der Waals surface area contributed by atoms with Crippen LogP contribution in [0.2, 0.25) is 5.02 Å². The molecule has 0 aliphatic carbocycles. The number of likely N-dealkylation sites (N-methyl/N-ethyl adjacent to an activating group) is 1. The number of aromatic amines is 1. The molecule has 0 aliphatic heterocycles. The molecule has 1 aromatic carbocycles. The van der Waals surface area contributed by atoms with Crippen molar-refractivity contribution in [3.05, 3.63) is 35.0 Å². The average molecular weight is 267 g/mol. The number of amides is 1. The van der Waals surface area contributed by atoms with Crippen LogP contribution in [0.5, 0.6) is 0 Å². The molecule has 0 fully saturated rings. The van der Waals surface area contributed by atoms with E-state index < -0.39 is 5.97 Å². The van der Waals surface area contributed by atoms with E-state index in [-0.39, 0.29) is 12.5 Å². The van der Waals surface area contributed by atoms with Crippen molar-refractivity contribution in [3.8, 4) is 0 Å². The van der Waals surface area contributed by atoms with Gasteiger partial charge in [0, 0.05) is 23.0 Å². The van der Waals surface area contributed by atoms with E-state index in [1.54, 1.807) is 24.3 Å². The molecule has 18 heavy (non-hydrogen) atoms. The fourth-order valence-corrected chi connectivity index (χ4v) is 1.94. The Labute approximate surface area is 108 Å². The minimum Gasteiger partial charge on any atom is -0.480 e. The Morgan fingerprint density at radius 1 is 1.44 bits per heavy atom. The summed E-state index contributed by atoms with van der Waals surface area (Å²) in [5.41, 5.74) is 1.07. The fraction of sp³-hybridized carbons (Fsp3) is 0.167. The lowest BCUT2D eigenvalue weighted by atomic mass is 10.2. The number of halogens is 1. The van der Waals surface area contributed by atoms with Crippen molar-refractivity contribution in [3.63, 3.8) is 0 Å². The van der Waals surface area contributed by atoms with Gasteiger partial charge < -0.3 is 15.0 Å². The molecule has 1 amide bonds. The zero-order valence-corrected chi connectivity index (χ0v) is 10.4. The number of benzene rings is 1. The number of carbonyl (C=O) groups is 2. The number of rotatable bonds is 3. The van der Waals surface area contributed by atoms with E-state index in [4.69, 9.17) is 16.7 Å². The summed E-state index contributed by atoms with van der Waals surface area (Å²) in [5, 5.41) is 9.93. The van der Waals surface area contributed by atoms with Gasteiger partial charge >= 0.3 is 5.97 Å². The van der Waals surface area contributed by atoms with Crippen molar-refractivity contribution in [1.29, 1.82) is 0 Å². The lowest BCUT2D eigenvalue weighted by Crippen LogP contribution is -2.32. The number of aliphatic carboxylic acids is 1. The third kappa shape index (κ3) is 2.31. The highest BCUT2D eigenvalue weighted by Crippen LogP contribution is 2.24. The largest absolute Gasteiger partial charge is 0.480 e. The second kappa shape index (κ2) is 4.70. The van der Waals surface area contributed by atoms with E-state index in [2.05, 4.69) is 4.98 Å². The number of fused-ring (bicyclic) bond motifs is 1. The minimum absolute atomic E-state index is 0.321. The number of hydrogen-bond acceptors (Lipinski definition) is 2. The van der Waals surface area contributed by atoms with Crippen LogP contribution in [0.1, 0.15) is 10.5 Å². The van der Waals surface area contributed by atoms with E-state index in [1.165, 1.54) is 7.05 Å². The van der Waals surface area contributed by atoms with Crippen LogP contribution >= 0.6 is 11.6 Å². The summed E-state index contributed by atoms with van der Waals surface area (Å²) in [5.74, 6) is -1.44. The number of nitrogens with zero attached hydrogens (tertiary/aromatic N) is 1. The highest BCUT2D eigenvalue weighted by Gasteiger charge is 2.17. The number of nitrogens with one attached hydrogen (secondary N) is 1. The molecule has 1 heterocycles.